The van der Waals surface area contributed by atoms with Crippen LogP contribution in [0.15, 0.2) is 27.7 Å². The molecule has 1 aromatic carbocycles. The lowest BCUT2D eigenvalue weighted by atomic mass is 10.1. The Balaban J connectivity index is 2.25. The molecule has 0 bridgehead atoms. The van der Waals surface area contributed by atoms with Gasteiger partial charge in [0.2, 0.25) is 5.90 Å². The number of rotatable bonds is 2. The van der Waals surface area contributed by atoms with Crippen molar-refractivity contribution in [3.63, 3.8) is 0 Å². The Morgan fingerprint density at radius 3 is 2.75 bits per heavy atom. The molecule has 0 amide bonds. The molecule has 86 valence electrons. The van der Waals surface area contributed by atoms with Crippen LogP contribution in [0.3, 0.4) is 0 Å². The lowest BCUT2D eigenvalue weighted by molar-refractivity contribution is 0.292. The summed E-state index contributed by atoms with van der Waals surface area (Å²) in [6.45, 7) is 7.12. The maximum atomic E-state index is 5.64. The Morgan fingerprint density at radius 1 is 1.44 bits per heavy atom. The molecule has 0 aromatic heterocycles. The third-order valence-corrected chi connectivity index (χ3v) is 3.72. The molecule has 2 nitrogen and oxygen atoms in total. The largest absolute Gasteiger partial charge is 0.475 e. The molecule has 0 radical (unpaired) electrons. The summed E-state index contributed by atoms with van der Waals surface area (Å²) in [4.78, 5) is 4.60. The Hall–Kier alpha value is -0.830. The van der Waals surface area contributed by atoms with E-state index in [4.69, 9.17) is 4.74 Å². The van der Waals surface area contributed by atoms with E-state index in [0.717, 1.165) is 15.9 Å². The maximum absolute atomic E-state index is 5.64. The average Bonchev–Trinajstić information content (AvgIpc) is 2.71. The van der Waals surface area contributed by atoms with Crippen molar-refractivity contribution in [2.75, 3.05) is 6.61 Å². The van der Waals surface area contributed by atoms with Gasteiger partial charge in [-0.25, -0.2) is 4.99 Å². The molecule has 1 heterocycles. The molecule has 0 saturated carbocycles. The van der Waals surface area contributed by atoms with Gasteiger partial charge in [-0.1, -0.05) is 35.8 Å². The van der Waals surface area contributed by atoms with E-state index in [1.54, 1.807) is 0 Å². The van der Waals surface area contributed by atoms with E-state index < -0.39 is 0 Å². The van der Waals surface area contributed by atoms with Crippen LogP contribution in [0.2, 0.25) is 0 Å². The normalized spacial score (nSPS) is 19.8. The van der Waals surface area contributed by atoms with Crippen LogP contribution in [0.5, 0.6) is 0 Å². The lowest BCUT2D eigenvalue weighted by Crippen LogP contribution is -2.13. The number of halogens is 1. The number of hydrogen-bond acceptors (Lipinski definition) is 2. The molecule has 0 spiro atoms. The Kier molecular flexibility index (Phi) is 3.33. The van der Waals surface area contributed by atoms with Gasteiger partial charge in [-0.3, -0.25) is 0 Å². The van der Waals surface area contributed by atoms with E-state index in [-0.39, 0.29) is 0 Å². The second-order valence-electron chi connectivity index (χ2n) is 4.52. The first-order valence-electron chi connectivity index (χ1n) is 5.55. The molecule has 1 aromatic rings. The Morgan fingerprint density at radius 2 is 2.19 bits per heavy atom. The van der Waals surface area contributed by atoms with Crippen LogP contribution in [0.4, 0.5) is 0 Å². The van der Waals surface area contributed by atoms with Crippen molar-refractivity contribution in [1.82, 2.24) is 0 Å². The molecule has 0 saturated heterocycles. The number of aryl methyl sites for hydroxylation is 1. The summed E-state index contributed by atoms with van der Waals surface area (Å²) in [5.41, 5.74) is 2.28. The van der Waals surface area contributed by atoms with Gasteiger partial charge in [0.25, 0.3) is 0 Å². The van der Waals surface area contributed by atoms with Crippen molar-refractivity contribution in [2.45, 2.75) is 26.8 Å². The summed E-state index contributed by atoms with van der Waals surface area (Å²) >= 11 is 3.53. The van der Waals surface area contributed by atoms with Gasteiger partial charge >= 0.3 is 0 Å². The van der Waals surface area contributed by atoms with Gasteiger partial charge in [0, 0.05) is 10.0 Å². The number of nitrogens with zero attached hydrogens (tertiary/aromatic N) is 1. The summed E-state index contributed by atoms with van der Waals surface area (Å²) in [6, 6.07) is 6.50. The van der Waals surface area contributed by atoms with Crippen molar-refractivity contribution in [1.29, 1.82) is 0 Å². The molecule has 1 aliphatic heterocycles. The quantitative estimate of drug-likeness (QED) is 0.812. The Labute approximate surface area is 105 Å². The van der Waals surface area contributed by atoms with E-state index in [2.05, 4.69) is 59.9 Å². The van der Waals surface area contributed by atoms with Crippen molar-refractivity contribution >= 4 is 21.8 Å². The molecule has 3 heteroatoms. The van der Waals surface area contributed by atoms with Crippen LogP contribution in [-0.2, 0) is 4.74 Å². The SMILES string of the molecule is Cc1ccc(C2=N[C@H](C(C)C)CO2)cc1Br. The zero-order valence-electron chi connectivity index (χ0n) is 9.83. The number of aliphatic imine (C=N–C) groups is 1. The molecule has 0 fully saturated rings. The van der Waals surface area contributed by atoms with E-state index in [1.807, 2.05) is 0 Å². The van der Waals surface area contributed by atoms with Crippen LogP contribution < -0.4 is 0 Å². The van der Waals surface area contributed by atoms with Gasteiger partial charge in [0.05, 0.1) is 6.04 Å². The highest BCUT2D eigenvalue weighted by Crippen LogP contribution is 2.22. The molecule has 2 rings (SSSR count). The molecule has 1 atom stereocenters. The summed E-state index contributed by atoms with van der Waals surface area (Å²) in [5, 5.41) is 0. The molecule has 0 aliphatic carbocycles. The fraction of sp³-hybridized carbons (Fsp3) is 0.462. The van der Waals surface area contributed by atoms with Crippen LogP contribution in [0, 0.1) is 12.8 Å². The first-order chi connectivity index (χ1) is 7.58. The smallest absolute Gasteiger partial charge is 0.216 e. The van der Waals surface area contributed by atoms with Crippen LogP contribution in [-0.4, -0.2) is 18.5 Å². The lowest BCUT2D eigenvalue weighted by Gasteiger charge is -2.06. The highest BCUT2D eigenvalue weighted by atomic mass is 79.9. The summed E-state index contributed by atoms with van der Waals surface area (Å²) < 4.78 is 6.74. The second kappa shape index (κ2) is 4.58. The minimum atomic E-state index is 0.301. The van der Waals surface area contributed by atoms with E-state index in [0.29, 0.717) is 18.6 Å². The second-order valence-corrected chi connectivity index (χ2v) is 5.37. The van der Waals surface area contributed by atoms with Gasteiger partial charge in [0.1, 0.15) is 6.61 Å². The monoisotopic (exact) mass is 281 g/mol. The summed E-state index contributed by atoms with van der Waals surface area (Å²) in [7, 11) is 0. The highest BCUT2D eigenvalue weighted by Gasteiger charge is 2.22. The van der Waals surface area contributed by atoms with Crippen molar-refractivity contribution in [2.24, 2.45) is 10.9 Å². The van der Waals surface area contributed by atoms with Crippen LogP contribution in [0.1, 0.15) is 25.0 Å². The van der Waals surface area contributed by atoms with Gasteiger partial charge in [-0.15, -0.1) is 0 Å². The first-order valence-corrected chi connectivity index (χ1v) is 6.34. The van der Waals surface area contributed by atoms with Gasteiger partial charge in [0.15, 0.2) is 0 Å². The topological polar surface area (TPSA) is 21.6 Å². The fourth-order valence-corrected chi connectivity index (χ4v) is 1.99. The molecular formula is C13H16BrNO. The standard InChI is InChI=1S/C13H16BrNO/c1-8(2)12-7-16-13(15-12)10-5-4-9(3)11(14)6-10/h4-6,8,12H,7H2,1-3H3/t12-/m0/s1. The number of ether oxygens (including phenoxy) is 1. The molecule has 0 unspecified atom stereocenters. The summed E-state index contributed by atoms with van der Waals surface area (Å²) in [5.74, 6) is 1.31. The van der Waals surface area contributed by atoms with Crippen molar-refractivity contribution < 1.29 is 4.74 Å². The van der Waals surface area contributed by atoms with Gasteiger partial charge in [-0.2, -0.15) is 0 Å². The molecule has 0 N–H and O–H groups in total. The minimum absolute atomic E-state index is 0.301. The minimum Gasteiger partial charge on any atom is -0.475 e. The van der Waals surface area contributed by atoms with Gasteiger partial charge in [-0.05, 0) is 30.5 Å². The van der Waals surface area contributed by atoms with E-state index in [1.165, 1.54) is 5.56 Å². The van der Waals surface area contributed by atoms with Crippen LogP contribution >= 0.6 is 15.9 Å². The fourth-order valence-electron chi connectivity index (χ4n) is 1.61. The maximum Gasteiger partial charge on any atom is 0.216 e. The first kappa shape index (κ1) is 11.6. The Bertz CT molecular complexity index is 426. The molecular weight excluding hydrogens is 266 g/mol. The van der Waals surface area contributed by atoms with Crippen LogP contribution in [0.25, 0.3) is 0 Å². The molecule has 16 heavy (non-hydrogen) atoms. The van der Waals surface area contributed by atoms with Crippen molar-refractivity contribution in [3.05, 3.63) is 33.8 Å². The van der Waals surface area contributed by atoms with E-state index in [9.17, 15) is 0 Å². The predicted octanol–water partition coefficient (Wildman–Crippen LogP) is 3.56. The molecule has 1 aliphatic rings. The predicted molar refractivity (Wildman–Crippen MR) is 70.0 cm³/mol. The van der Waals surface area contributed by atoms with Gasteiger partial charge < -0.3 is 4.74 Å². The van der Waals surface area contributed by atoms with E-state index >= 15 is 0 Å². The highest BCUT2D eigenvalue weighted by molar-refractivity contribution is 9.10. The third-order valence-electron chi connectivity index (χ3n) is 2.86. The third kappa shape index (κ3) is 2.29. The summed E-state index contributed by atoms with van der Waals surface area (Å²) in [6.07, 6.45) is 0. The van der Waals surface area contributed by atoms with Crippen molar-refractivity contribution in [3.8, 4) is 0 Å². The zero-order valence-corrected chi connectivity index (χ0v) is 11.4. The average molecular weight is 282 g/mol. The number of benzene rings is 1. The number of hydrogen-bond donors (Lipinski definition) is 0. The zero-order chi connectivity index (χ0) is 11.7.